The van der Waals surface area contributed by atoms with Crippen molar-refractivity contribution in [2.24, 2.45) is 17.8 Å². The van der Waals surface area contributed by atoms with Crippen LogP contribution in [0.3, 0.4) is 0 Å². The molecule has 18 heavy (non-hydrogen) atoms. The third kappa shape index (κ3) is 4.59. The van der Waals surface area contributed by atoms with Crippen LogP contribution in [0.15, 0.2) is 24.3 Å². The largest absolute Gasteiger partial charge is 0.299 e. The summed E-state index contributed by atoms with van der Waals surface area (Å²) in [5.74, 6) is 0.699. The van der Waals surface area contributed by atoms with Gasteiger partial charge in [0.1, 0.15) is 11.6 Å². The monoisotopic (exact) mass is 250 g/mol. The van der Waals surface area contributed by atoms with Gasteiger partial charge < -0.3 is 0 Å². The summed E-state index contributed by atoms with van der Waals surface area (Å²) in [4.78, 5) is 12.2. The summed E-state index contributed by atoms with van der Waals surface area (Å²) in [6, 6.07) is 6.47. The van der Waals surface area contributed by atoms with Crippen LogP contribution in [-0.4, -0.2) is 5.78 Å². The number of benzene rings is 1. The van der Waals surface area contributed by atoms with E-state index in [2.05, 4.69) is 13.8 Å². The SMILES string of the molecule is CC(C)C[C@@H](Cc1ccc(F)cc1)C(=O)C(C)C. The Morgan fingerprint density at radius 3 is 2.11 bits per heavy atom. The van der Waals surface area contributed by atoms with Gasteiger partial charge in [-0.05, 0) is 36.5 Å². The van der Waals surface area contributed by atoms with Gasteiger partial charge in [-0.1, -0.05) is 39.8 Å². The van der Waals surface area contributed by atoms with Crippen molar-refractivity contribution in [3.8, 4) is 0 Å². The Labute approximate surface area is 109 Å². The second-order valence-electron chi connectivity index (χ2n) is 5.71. The van der Waals surface area contributed by atoms with Gasteiger partial charge >= 0.3 is 0 Å². The van der Waals surface area contributed by atoms with Crippen LogP contribution < -0.4 is 0 Å². The molecule has 1 rings (SSSR count). The number of Topliss-reactive ketones (excluding diaryl/α,β-unsaturated/α-hetero) is 1. The summed E-state index contributed by atoms with van der Waals surface area (Å²) in [6.45, 7) is 8.15. The maximum Gasteiger partial charge on any atom is 0.138 e. The number of carbonyl (C=O) groups is 1. The molecule has 0 amide bonds. The third-order valence-corrected chi connectivity index (χ3v) is 3.12. The maximum atomic E-state index is 12.9. The highest BCUT2D eigenvalue weighted by atomic mass is 19.1. The lowest BCUT2D eigenvalue weighted by Gasteiger charge is -2.20. The molecule has 0 saturated carbocycles. The topological polar surface area (TPSA) is 17.1 Å². The van der Waals surface area contributed by atoms with E-state index in [-0.39, 0.29) is 17.7 Å². The molecule has 2 heteroatoms. The van der Waals surface area contributed by atoms with E-state index in [9.17, 15) is 9.18 Å². The van der Waals surface area contributed by atoms with Crippen molar-refractivity contribution in [2.45, 2.75) is 40.5 Å². The van der Waals surface area contributed by atoms with E-state index >= 15 is 0 Å². The average molecular weight is 250 g/mol. The predicted molar refractivity (Wildman–Crippen MR) is 72.9 cm³/mol. The Morgan fingerprint density at radius 2 is 1.67 bits per heavy atom. The molecular formula is C16H23FO. The smallest absolute Gasteiger partial charge is 0.138 e. The van der Waals surface area contributed by atoms with E-state index in [0.29, 0.717) is 11.7 Å². The van der Waals surface area contributed by atoms with Gasteiger partial charge in [0.15, 0.2) is 0 Å². The number of hydrogen-bond donors (Lipinski definition) is 0. The molecule has 0 N–H and O–H groups in total. The minimum Gasteiger partial charge on any atom is -0.299 e. The first kappa shape index (κ1) is 14.9. The fourth-order valence-electron chi connectivity index (χ4n) is 2.25. The number of rotatable bonds is 6. The molecule has 0 aromatic heterocycles. The first-order chi connectivity index (χ1) is 8.40. The van der Waals surface area contributed by atoms with Gasteiger partial charge in [-0.25, -0.2) is 4.39 Å². The fraction of sp³-hybridized carbons (Fsp3) is 0.562. The van der Waals surface area contributed by atoms with Crippen molar-refractivity contribution in [2.75, 3.05) is 0 Å². The first-order valence-electron chi connectivity index (χ1n) is 6.68. The van der Waals surface area contributed by atoms with Gasteiger partial charge in [-0.15, -0.1) is 0 Å². The van der Waals surface area contributed by atoms with Gasteiger partial charge in [0.2, 0.25) is 0 Å². The standard InChI is InChI=1S/C16H23FO/c1-11(2)9-14(16(18)12(3)4)10-13-5-7-15(17)8-6-13/h5-8,11-12,14H,9-10H2,1-4H3/t14-/m0/s1. The summed E-state index contributed by atoms with van der Waals surface area (Å²) >= 11 is 0. The van der Waals surface area contributed by atoms with Crippen molar-refractivity contribution in [3.05, 3.63) is 35.6 Å². The van der Waals surface area contributed by atoms with Crippen LogP contribution >= 0.6 is 0 Å². The molecule has 0 heterocycles. The van der Waals surface area contributed by atoms with Crippen LogP contribution in [0.2, 0.25) is 0 Å². The summed E-state index contributed by atoms with van der Waals surface area (Å²) in [6.07, 6.45) is 1.61. The van der Waals surface area contributed by atoms with E-state index in [1.54, 1.807) is 12.1 Å². The molecule has 0 aliphatic rings. The molecule has 0 fully saturated rings. The lowest BCUT2D eigenvalue weighted by molar-refractivity contribution is -0.126. The van der Waals surface area contributed by atoms with Gasteiger partial charge in [0.05, 0.1) is 0 Å². The highest BCUT2D eigenvalue weighted by Gasteiger charge is 2.22. The molecule has 0 saturated heterocycles. The zero-order chi connectivity index (χ0) is 13.7. The Bertz CT molecular complexity index is 379. The lowest BCUT2D eigenvalue weighted by Crippen LogP contribution is -2.23. The molecule has 0 unspecified atom stereocenters. The molecule has 1 atom stereocenters. The molecule has 1 aromatic rings. The van der Waals surface area contributed by atoms with Crippen LogP contribution in [0, 0.1) is 23.6 Å². The van der Waals surface area contributed by atoms with Crippen molar-refractivity contribution >= 4 is 5.78 Å². The van der Waals surface area contributed by atoms with E-state index in [0.717, 1.165) is 18.4 Å². The van der Waals surface area contributed by atoms with E-state index in [1.807, 2.05) is 13.8 Å². The van der Waals surface area contributed by atoms with Crippen molar-refractivity contribution in [3.63, 3.8) is 0 Å². The van der Waals surface area contributed by atoms with Crippen molar-refractivity contribution in [1.82, 2.24) is 0 Å². The molecule has 0 bridgehead atoms. The van der Waals surface area contributed by atoms with Gasteiger partial charge in [-0.2, -0.15) is 0 Å². The van der Waals surface area contributed by atoms with Crippen LogP contribution in [0.5, 0.6) is 0 Å². The van der Waals surface area contributed by atoms with E-state index in [1.165, 1.54) is 12.1 Å². The number of ketones is 1. The quantitative estimate of drug-likeness (QED) is 0.737. The highest BCUT2D eigenvalue weighted by molar-refractivity contribution is 5.83. The minimum atomic E-state index is -0.227. The van der Waals surface area contributed by atoms with Gasteiger partial charge in [0, 0.05) is 11.8 Å². The molecule has 1 nitrogen and oxygen atoms in total. The Kier molecular flexibility index (Phi) is 5.52. The Morgan fingerprint density at radius 1 is 1.11 bits per heavy atom. The molecular weight excluding hydrogens is 227 g/mol. The number of halogens is 1. The van der Waals surface area contributed by atoms with E-state index in [4.69, 9.17) is 0 Å². The van der Waals surface area contributed by atoms with Crippen LogP contribution in [0.1, 0.15) is 39.7 Å². The third-order valence-electron chi connectivity index (χ3n) is 3.12. The van der Waals surface area contributed by atoms with Crippen LogP contribution in [-0.2, 0) is 11.2 Å². The van der Waals surface area contributed by atoms with Gasteiger partial charge in [0.25, 0.3) is 0 Å². The molecule has 0 aliphatic carbocycles. The van der Waals surface area contributed by atoms with Crippen molar-refractivity contribution in [1.29, 1.82) is 0 Å². The highest BCUT2D eigenvalue weighted by Crippen LogP contribution is 2.21. The normalized spacial score (nSPS) is 13.1. The Balaban J connectivity index is 2.77. The van der Waals surface area contributed by atoms with Crippen LogP contribution in [0.25, 0.3) is 0 Å². The summed E-state index contributed by atoms with van der Waals surface area (Å²) in [5.41, 5.74) is 1.04. The summed E-state index contributed by atoms with van der Waals surface area (Å²) < 4.78 is 12.9. The average Bonchev–Trinajstić information content (AvgIpc) is 2.29. The Hall–Kier alpha value is -1.18. The van der Waals surface area contributed by atoms with Crippen molar-refractivity contribution < 1.29 is 9.18 Å². The van der Waals surface area contributed by atoms with Crippen LogP contribution in [0.4, 0.5) is 4.39 Å². The molecule has 0 aliphatic heterocycles. The predicted octanol–water partition coefficient (Wildman–Crippen LogP) is 4.26. The molecule has 0 spiro atoms. The summed E-state index contributed by atoms with van der Waals surface area (Å²) in [7, 11) is 0. The first-order valence-corrected chi connectivity index (χ1v) is 6.68. The maximum absolute atomic E-state index is 12.9. The zero-order valence-electron chi connectivity index (χ0n) is 11.7. The summed E-state index contributed by atoms with van der Waals surface area (Å²) in [5, 5.41) is 0. The van der Waals surface area contributed by atoms with E-state index < -0.39 is 0 Å². The number of carbonyl (C=O) groups excluding carboxylic acids is 1. The molecule has 0 radical (unpaired) electrons. The van der Waals surface area contributed by atoms with Gasteiger partial charge in [-0.3, -0.25) is 4.79 Å². The number of hydrogen-bond acceptors (Lipinski definition) is 1. The molecule has 1 aromatic carbocycles. The zero-order valence-corrected chi connectivity index (χ0v) is 11.7. The molecule has 100 valence electrons. The minimum absolute atomic E-state index is 0.0514. The second-order valence-corrected chi connectivity index (χ2v) is 5.71. The lowest BCUT2D eigenvalue weighted by atomic mass is 9.84. The fourth-order valence-corrected chi connectivity index (χ4v) is 2.25. The second kappa shape index (κ2) is 6.67.